The zero-order valence-electron chi connectivity index (χ0n) is 13.6. The van der Waals surface area contributed by atoms with Crippen molar-refractivity contribution in [2.75, 3.05) is 11.9 Å². The van der Waals surface area contributed by atoms with Crippen LogP contribution in [-0.4, -0.2) is 11.5 Å². The summed E-state index contributed by atoms with van der Waals surface area (Å²) in [7, 11) is 0. The Labute approximate surface area is 122 Å². The quantitative estimate of drug-likeness (QED) is 0.851. The summed E-state index contributed by atoms with van der Waals surface area (Å²) in [6, 6.07) is 6.65. The van der Waals surface area contributed by atoms with E-state index in [1.807, 2.05) is 0 Å². The molecule has 20 heavy (non-hydrogen) atoms. The van der Waals surface area contributed by atoms with Gasteiger partial charge in [-0.05, 0) is 43.5 Å². The van der Waals surface area contributed by atoms with Crippen molar-refractivity contribution in [3.05, 3.63) is 35.0 Å². The minimum atomic E-state index is 0.0640. The van der Waals surface area contributed by atoms with Crippen LogP contribution in [0.3, 0.4) is 0 Å². The van der Waals surface area contributed by atoms with E-state index in [0.717, 1.165) is 24.2 Å². The molecule has 0 saturated carbocycles. The van der Waals surface area contributed by atoms with E-state index in [0.29, 0.717) is 0 Å². The monoisotopic (exact) mass is 270 g/mol. The van der Waals surface area contributed by atoms with E-state index in [2.05, 4.69) is 65.1 Å². The van der Waals surface area contributed by atoms with Crippen LogP contribution in [-0.2, 0) is 5.41 Å². The molecule has 1 aromatic carbocycles. The number of aromatic nitrogens is 1. The fourth-order valence-corrected chi connectivity index (χ4v) is 2.54. The number of fused-ring (bicyclic) bond motifs is 1. The van der Waals surface area contributed by atoms with Gasteiger partial charge in [-0.25, -0.2) is 0 Å². The van der Waals surface area contributed by atoms with Gasteiger partial charge in [-0.3, -0.25) is 4.98 Å². The summed E-state index contributed by atoms with van der Waals surface area (Å²) >= 11 is 0. The summed E-state index contributed by atoms with van der Waals surface area (Å²) in [4.78, 5) is 4.90. The zero-order valence-corrected chi connectivity index (χ0v) is 13.6. The number of anilines is 1. The van der Waals surface area contributed by atoms with E-state index in [-0.39, 0.29) is 5.41 Å². The standard InChI is InChI=1S/C18H26N2/c1-7-8-19-14-11-16(18(4,5)6)20-15-10-12(2)9-13(3)17(14)15/h9-11H,7-8H2,1-6H3,(H,19,20). The maximum Gasteiger partial charge on any atom is 0.0731 e. The Hall–Kier alpha value is -1.57. The smallest absolute Gasteiger partial charge is 0.0731 e. The lowest BCUT2D eigenvalue weighted by Gasteiger charge is -2.21. The highest BCUT2D eigenvalue weighted by atomic mass is 14.9. The third-order valence-corrected chi connectivity index (χ3v) is 3.58. The number of pyridine rings is 1. The van der Waals surface area contributed by atoms with Crippen LogP contribution in [0.4, 0.5) is 5.69 Å². The Morgan fingerprint density at radius 2 is 1.80 bits per heavy atom. The highest BCUT2D eigenvalue weighted by Gasteiger charge is 2.18. The van der Waals surface area contributed by atoms with Crippen LogP contribution in [0.2, 0.25) is 0 Å². The van der Waals surface area contributed by atoms with Crippen LogP contribution in [0.1, 0.15) is 50.9 Å². The number of hydrogen-bond acceptors (Lipinski definition) is 2. The number of benzene rings is 1. The normalized spacial score (nSPS) is 11.9. The maximum absolute atomic E-state index is 4.90. The lowest BCUT2D eigenvalue weighted by Crippen LogP contribution is -2.15. The van der Waals surface area contributed by atoms with Gasteiger partial charge in [0, 0.05) is 28.7 Å². The Kier molecular flexibility index (Phi) is 4.03. The number of aryl methyl sites for hydroxylation is 2. The highest BCUT2D eigenvalue weighted by molar-refractivity contribution is 5.94. The summed E-state index contributed by atoms with van der Waals surface area (Å²) in [6.45, 7) is 14.1. The Morgan fingerprint density at radius 1 is 1.10 bits per heavy atom. The second-order valence-corrected chi connectivity index (χ2v) is 6.71. The molecule has 0 aliphatic carbocycles. The third-order valence-electron chi connectivity index (χ3n) is 3.58. The van der Waals surface area contributed by atoms with E-state index in [9.17, 15) is 0 Å². The van der Waals surface area contributed by atoms with E-state index < -0.39 is 0 Å². The molecule has 2 aromatic rings. The minimum Gasteiger partial charge on any atom is -0.384 e. The highest BCUT2D eigenvalue weighted by Crippen LogP contribution is 2.31. The number of nitrogens with one attached hydrogen (secondary N) is 1. The first kappa shape index (κ1) is 14.8. The maximum atomic E-state index is 4.90. The topological polar surface area (TPSA) is 24.9 Å². The average molecular weight is 270 g/mol. The SMILES string of the molecule is CCCNc1cc(C(C)(C)C)nc2cc(C)cc(C)c12. The summed E-state index contributed by atoms with van der Waals surface area (Å²) in [5.74, 6) is 0. The van der Waals surface area contributed by atoms with E-state index >= 15 is 0 Å². The molecular weight excluding hydrogens is 244 g/mol. The van der Waals surface area contributed by atoms with Crippen LogP contribution in [0.25, 0.3) is 10.9 Å². The molecule has 0 fully saturated rings. The van der Waals surface area contributed by atoms with Crippen LogP contribution in [0.5, 0.6) is 0 Å². The fourth-order valence-electron chi connectivity index (χ4n) is 2.54. The van der Waals surface area contributed by atoms with Crippen LogP contribution < -0.4 is 5.32 Å². The largest absolute Gasteiger partial charge is 0.384 e. The van der Waals surface area contributed by atoms with Crippen molar-refractivity contribution in [2.45, 2.75) is 53.4 Å². The van der Waals surface area contributed by atoms with Crippen molar-refractivity contribution >= 4 is 16.6 Å². The molecule has 2 heteroatoms. The van der Waals surface area contributed by atoms with Gasteiger partial charge in [0.15, 0.2) is 0 Å². The van der Waals surface area contributed by atoms with Gasteiger partial charge in [0.25, 0.3) is 0 Å². The molecule has 0 amide bonds. The predicted octanol–water partition coefficient (Wildman–Crippen LogP) is 4.97. The van der Waals surface area contributed by atoms with Gasteiger partial charge in [-0.2, -0.15) is 0 Å². The Balaban J connectivity index is 2.71. The lowest BCUT2D eigenvalue weighted by molar-refractivity contribution is 0.571. The van der Waals surface area contributed by atoms with Crippen molar-refractivity contribution in [3.63, 3.8) is 0 Å². The van der Waals surface area contributed by atoms with Crippen molar-refractivity contribution < 1.29 is 0 Å². The van der Waals surface area contributed by atoms with E-state index in [1.54, 1.807) is 0 Å². The van der Waals surface area contributed by atoms with Crippen molar-refractivity contribution in [1.29, 1.82) is 0 Å². The molecule has 0 unspecified atom stereocenters. The predicted molar refractivity (Wildman–Crippen MR) is 88.7 cm³/mol. The molecule has 2 rings (SSSR count). The van der Waals surface area contributed by atoms with Gasteiger partial charge in [-0.1, -0.05) is 33.8 Å². The number of nitrogens with zero attached hydrogens (tertiary/aromatic N) is 1. The first-order valence-corrected chi connectivity index (χ1v) is 7.49. The van der Waals surface area contributed by atoms with Crippen LogP contribution in [0.15, 0.2) is 18.2 Å². The van der Waals surface area contributed by atoms with Gasteiger partial charge in [-0.15, -0.1) is 0 Å². The minimum absolute atomic E-state index is 0.0640. The summed E-state index contributed by atoms with van der Waals surface area (Å²) in [5.41, 5.74) is 6.11. The number of hydrogen-bond donors (Lipinski definition) is 1. The molecule has 108 valence electrons. The zero-order chi connectivity index (χ0) is 14.9. The summed E-state index contributed by atoms with van der Waals surface area (Å²) < 4.78 is 0. The van der Waals surface area contributed by atoms with Crippen molar-refractivity contribution in [3.8, 4) is 0 Å². The van der Waals surface area contributed by atoms with Gasteiger partial charge in [0.1, 0.15) is 0 Å². The van der Waals surface area contributed by atoms with Crippen molar-refractivity contribution in [1.82, 2.24) is 4.98 Å². The van der Waals surface area contributed by atoms with Crippen molar-refractivity contribution in [2.24, 2.45) is 0 Å². The molecule has 0 aliphatic heterocycles. The molecule has 1 N–H and O–H groups in total. The van der Waals surface area contributed by atoms with E-state index in [4.69, 9.17) is 4.98 Å². The van der Waals surface area contributed by atoms with E-state index in [1.165, 1.54) is 22.2 Å². The molecular formula is C18H26N2. The molecule has 0 radical (unpaired) electrons. The van der Waals surface area contributed by atoms with Gasteiger partial charge in [0.2, 0.25) is 0 Å². The Bertz CT molecular complexity index is 621. The molecule has 0 aliphatic rings. The summed E-state index contributed by atoms with van der Waals surface area (Å²) in [5, 5.41) is 4.83. The molecule has 0 saturated heterocycles. The van der Waals surface area contributed by atoms with Gasteiger partial charge in [0.05, 0.1) is 5.52 Å². The first-order chi connectivity index (χ1) is 9.32. The van der Waals surface area contributed by atoms with Crippen LogP contribution >= 0.6 is 0 Å². The second kappa shape index (κ2) is 5.43. The van der Waals surface area contributed by atoms with Gasteiger partial charge >= 0.3 is 0 Å². The molecule has 0 atom stereocenters. The lowest BCUT2D eigenvalue weighted by atomic mass is 9.90. The number of rotatable bonds is 3. The summed E-state index contributed by atoms with van der Waals surface area (Å²) in [6.07, 6.45) is 1.12. The molecule has 1 heterocycles. The molecule has 1 aromatic heterocycles. The Morgan fingerprint density at radius 3 is 2.40 bits per heavy atom. The fraction of sp³-hybridized carbons (Fsp3) is 0.500. The first-order valence-electron chi connectivity index (χ1n) is 7.49. The van der Waals surface area contributed by atoms with Crippen LogP contribution in [0, 0.1) is 13.8 Å². The molecule has 0 bridgehead atoms. The third kappa shape index (κ3) is 2.95. The molecule has 2 nitrogen and oxygen atoms in total. The second-order valence-electron chi connectivity index (χ2n) is 6.71. The molecule has 0 spiro atoms. The average Bonchev–Trinajstić information content (AvgIpc) is 2.33. The van der Waals surface area contributed by atoms with Gasteiger partial charge < -0.3 is 5.32 Å².